The second-order valence-electron chi connectivity index (χ2n) is 9.30. The summed E-state index contributed by atoms with van der Waals surface area (Å²) in [4.78, 5) is 7.31. The normalized spacial score (nSPS) is 13.5. The van der Waals surface area contributed by atoms with Gasteiger partial charge in [-0.15, -0.1) is 11.8 Å². The highest BCUT2D eigenvalue weighted by molar-refractivity contribution is 7.98. The van der Waals surface area contributed by atoms with E-state index in [-0.39, 0.29) is 6.61 Å². The molecule has 2 heterocycles. The van der Waals surface area contributed by atoms with Gasteiger partial charge in [-0.05, 0) is 79.6 Å². The van der Waals surface area contributed by atoms with E-state index < -0.39 is 0 Å². The minimum atomic E-state index is 0.196. The second kappa shape index (κ2) is 18.8. The molecule has 1 saturated heterocycles. The molecule has 0 bridgehead atoms. The van der Waals surface area contributed by atoms with Gasteiger partial charge in [0.05, 0.1) is 12.1 Å². The van der Waals surface area contributed by atoms with Crippen molar-refractivity contribution in [1.29, 1.82) is 0 Å². The number of aromatic nitrogens is 1. The number of para-hydroxylation sites is 1. The highest BCUT2D eigenvalue weighted by atomic mass is 32.2. The zero-order valence-corrected chi connectivity index (χ0v) is 25.7. The summed E-state index contributed by atoms with van der Waals surface area (Å²) in [6.07, 6.45) is 5.79. The van der Waals surface area contributed by atoms with Crippen molar-refractivity contribution in [1.82, 2.24) is 15.2 Å². The fraction of sp³-hybridized carbons (Fsp3) is 0.441. The monoisotopic (exact) mass is 547 g/mol. The minimum absolute atomic E-state index is 0.196. The van der Waals surface area contributed by atoms with E-state index in [1.807, 2.05) is 27.7 Å². The number of pyridine rings is 1. The highest BCUT2D eigenvalue weighted by Gasteiger charge is 2.14. The van der Waals surface area contributed by atoms with Gasteiger partial charge in [-0.1, -0.05) is 88.4 Å². The van der Waals surface area contributed by atoms with Crippen molar-refractivity contribution in [2.24, 2.45) is 0 Å². The smallest absolute Gasteiger partial charge is 0.101 e. The fourth-order valence-electron chi connectivity index (χ4n) is 4.72. The number of aliphatic hydroxyl groups is 1. The molecular formula is C34H49N3OS. The van der Waals surface area contributed by atoms with Crippen LogP contribution < -0.4 is 5.32 Å². The Hall–Kier alpha value is -2.44. The third-order valence-electron chi connectivity index (χ3n) is 6.51. The van der Waals surface area contributed by atoms with Crippen molar-refractivity contribution in [3.8, 4) is 0 Å². The minimum Gasteiger partial charge on any atom is -0.395 e. The Morgan fingerprint density at radius 2 is 1.51 bits per heavy atom. The van der Waals surface area contributed by atoms with E-state index in [4.69, 9.17) is 10.1 Å². The van der Waals surface area contributed by atoms with Crippen LogP contribution in [0.5, 0.6) is 0 Å². The molecule has 1 aliphatic heterocycles. The quantitative estimate of drug-likeness (QED) is 0.219. The zero-order valence-electron chi connectivity index (χ0n) is 24.9. The van der Waals surface area contributed by atoms with Gasteiger partial charge in [-0.25, -0.2) is 4.98 Å². The summed E-state index contributed by atoms with van der Waals surface area (Å²) in [5.74, 6) is 0. The van der Waals surface area contributed by atoms with Crippen molar-refractivity contribution in [3.05, 3.63) is 83.9 Å². The number of likely N-dealkylation sites (tertiary alicyclic amines) is 1. The van der Waals surface area contributed by atoms with Crippen molar-refractivity contribution >= 4 is 33.4 Å². The van der Waals surface area contributed by atoms with Crippen LogP contribution in [0.4, 0.5) is 0 Å². The van der Waals surface area contributed by atoms with Crippen molar-refractivity contribution in [3.63, 3.8) is 0 Å². The lowest BCUT2D eigenvalue weighted by Gasteiger charge is -2.16. The lowest BCUT2D eigenvalue weighted by Crippen LogP contribution is -2.30. The van der Waals surface area contributed by atoms with Crippen LogP contribution in [0.15, 0.2) is 77.8 Å². The Morgan fingerprint density at radius 1 is 0.872 bits per heavy atom. The van der Waals surface area contributed by atoms with Gasteiger partial charge in [0.25, 0.3) is 0 Å². The Kier molecular flexibility index (Phi) is 15.8. The maximum absolute atomic E-state index is 8.76. The molecule has 0 radical (unpaired) electrons. The SMILES string of the molecule is CC.CC.CC(Cc1ccc2ccccc2c1)NCCO.CSc1nc2ccccc2cc1CN1CCCC1. The van der Waals surface area contributed by atoms with Gasteiger partial charge in [-0.3, -0.25) is 4.90 Å². The van der Waals surface area contributed by atoms with Gasteiger partial charge >= 0.3 is 0 Å². The van der Waals surface area contributed by atoms with E-state index in [1.165, 1.54) is 58.2 Å². The van der Waals surface area contributed by atoms with E-state index in [0.717, 1.165) is 18.5 Å². The molecule has 39 heavy (non-hydrogen) atoms. The van der Waals surface area contributed by atoms with E-state index in [0.29, 0.717) is 12.6 Å². The standard InChI is InChI=1S/C15H18N2S.C15H19NO.2C2H6/c1-18-15-13(11-17-8-4-5-9-17)10-12-6-2-3-7-14(12)16-15;1-12(16-8-9-17)10-13-6-7-14-4-2-3-5-15(14)11-13;2*1-2/h2-3,6-7,10H,4-5,8-9,11H2,1H3;2-7,11-12,16-17H,8-10H2,1H3;2*1-2H3. The molecule has 5 heteroatoms. The maximum Gasteiger partial charge on any atom is 0.101 e. The number of hydrogen-bond donors (Lipinski definition) is 2. The summed E-state index contributed by atoms with van der Waals surface area (Å²) >= 11 is 1.76. The molecule has 1 fully saturated rings. The van der Waals surface area contributed by atoms with Crippen LogP contribution in [0, 0.1) is 0 Å². The molecule has 1 atom stereocenters. The molecule has 1 aromatic heterocycles. The van der Waals surface area contributed by atoms with E-state index in [1.54, 1.807) is 11.8 Å². The molecule has 212 valence electrons. The topological polar surface area (TPSA) is 48.4 Å². The van der Waals surface area contributed by atoms with Gasteiger partial charge in [-0.2, -0.15) is 0 Å². The number of fused-ring (bicyclic) bond motifs is 2. The number of thioether (sulfide) groups is 1. The fourth-order valence-corrected chi connectivity index (χ4v) is 5.29. The van der Waals surface area contributed by atoms with Crippen LogP contribution in [0.2, 0.25) is 0 Å². The molecule has 1 unspecified atom stereocenters. The summed E-state index contributed by atoms with van der Waals surface area (Å²) in [6.45, 7) is 14.5. The van der Waals surface area contributed by atoms with Crippen molar-refractivity contribution < 1.29 is 5.11 Å². The molecule has 0 saturated carbocycles. The number of nitrogens with one attached hydrogen (secondary N) is 1. The molecular weight excluding hydrogens is 498 g/mol. The molecule has 0 amide bonds. The first-order chi connectivity index (χ1) is 19.2. The number of hydrogen-bond acceptors (Lipinski definition) is 5. The first-order valence-corrected chi connectivity index (χ1v) is 15.9. The third kappa shape index (κ3) is 10.6. The summed E-state index contributed by atoms with van der Waals surface area (Å²) < 4.78 is 0. The van der Waals surface area contributed by atoms with Crippen LogP contribution in [0.3, 0.4) is 0 Å². The summed E-state index contributed by atoms with van der Waals surface area (Å²) in [5.41, 5.74) is 3.82. The summed E-state index contributed by atoms with van der Waals surface area (Å²) in [6, 6.07) is 26.1. The zero-order chi connectivity index (χ0) is 28.5. The number of rotatable bonds is 8. The predicted octanol–water partition coefficient (Wildman–Crippen LogP) is 7.96. The van der Waals surface area contributed by atoms with Gasteiger partial charge in [0.1, 0.15) is 5.03 Å². The molecule has 0 spiro atoms. The maximum atomic E-state index is 8.76. The average molecular weight is 548 g/mol. The number of benzene rings is 3. The summed E-state index contributed by atoms with van der Waals surface area (Å²) in [7, 11) is 0. The predicted molar refractivity (Wildman–Crippen MR) is 173 cm³/mol. The average Bonchev–Trinajstić information content (AvgIpc) is 3.51. The number of aliphatic hydroxyl groups excluding tert-OH is 1. The Bertz CT molecular complexity index is 1220. The number of nitrogens with zero attached hydrogens (tertiary/aromatic N) is 2. The van der Waals surface area contributed by atoms with E-state index in [2.05, 4.69) is 96.2 Å². The van der Waals surface area contributed by atoms with Crippen LogP contribution in [-0.4, -0.2) is 53.5 Å². The Balaban J connectivity index is 0.000000243. The third-order valence-corrected chi connectivity index (χ3v) is 7.25. The van der Waals surface area contributed by atoms with Crippen molar-refractivity contribution in [2.45, 2.75) is 71.5 Å². The van der Waals surface area contributed by atoms with Crippen LogP contribution in [-0.2, 0) is 13.0 Å². The lowest BCUT2D eigenvalue weighted by molar-refractivity contribution is 0.285. The van der Waals surface area contributed by atoms with Gasteiger partial charge in [0.15, 0.2) is 0 Å². The van der Waals surface area contributed by atoms with Crippen LogP contribution >= 0.6 is 11.8 Å². The second-order valence-corrected chi connectivity index (χ2v) is 10.1. The highest BCUT2D eigenvalue weighted by Crippen LogP contribution is 2.25. The van der Waals surface area contributed by atoms with Crippen molar-refractivity contribution in [2.75, 3.05) is 32.5 Å². The van der Waals surface area contributed by atoms with Crippen LogP contribution in [0.25, 0.3) is 21.7 Å². The van der Waals surface area contributed by atoms with Gasteiger partial charge in [0, 0.05) is 24.5 Å². The first kappa shape index (κ1) is 32.8. The van der Waals surface area contributed by atoms with E-state index in [9.17, 15) is 0 Å². The first-order valence-electron chi connectivity index (χ1n) is 14.6. The van der Waals surface area contributed by atoms with Gasteiger partial charge in [0.2, 0.25) is 0 Å². The van der Waals surface area contributed by atoms with E-state index >= 15 is 0 Å². The molecule has 4 nitrogen and oxygen atoms in total. The summed E-state index contributed by atoms with van der Waals surface area (Å²) in [5, 5.41) is 17.0. The molecule has 0 aliphatic carbocycles. The molecule has 2 N–H and O–H groups in total. The molecule has 4 aromatic rings. The molecule has 1 aliphatic rings. The lowest BCUT2D eigenvalue weighted by atomic mass is 10.0. The molecule has 5 rings (SSSR count). The van der Waals surface area contributed by atoms with Crippen LogP contribution in [0.1, 0.15) is 58.6 Å². The largest absolute Gasteiger partial charge is 0.395 e. The Labute approximate surface area is 241 Å². The molecule has 3 aromatic carbocycles. The van der Waals surface area contributed by atoms with Gasteiger partial charge < -0.3 is 10.4 Å². The Morgan fingerprint density at radius 3 is 2.18 bits per heavy atom.